The van der Waals surface area contributed by atoms with Crippen LogP contribution in [0.3, 0.4) is 0 Å². The van der Waals surface area contributed by atoms with Crippen molar-refractivity contribution in [1.29, 1.82) is 0 Å². The van der Waals surface area contributed by atoms with E-state index in [-0.39, 0.29) is 17.8 Å². The average molecular weight is 351 g/mol. The van der Waals surface area contributed by atoms with Gasteiger partial charge in [-0.3, -0.25) is 4.79 Å². The molecule has 1 aliphatic heterocycles. The largest absolute Gasteiger partial charge is 0.489 e. The summed E-state index contributed by atoms with van der Waals surface area (Å²) in [5.74, 6) is 1.36. The van der Waals surface area contributed by atoms with Crippen LogP contribution in [0.5, 0.6) is 5.75 Å². The first kappa shape index (κ1) is 17.1. The highest BCUT2D eigenvalue weighted by atomic mass is 16.5. The van der Waals surface area contributed by atoms with Gasteiger partial charge in [0.25, 0.3) is 0 Å². The van der Waals surface area contributed by atoms with Gasteiger partial charge in [-0.1, -0.05) is 36.4 Å². The predicted molar refractivity (Wildman–Crippen MR) is 100 cm³/mol. The van der Waals surface area contributed by atoms with Crippen LogP contribution >= 0.6 is 0 Å². The van der Waals surface area contributed by atoms with E-state index in [9.17, 15) is 4.79 Å². The lowest BCUT2D eigenvalue weighted by molar-refractivity contribution is -0.149. The number of hydrogen-bond acceptors (Lipinski definition) is 4. The SMILES string of the molecule is CCOC(=O)[C@@H]1CNCC2Cc3ccc(OCc4ccccc4)cc3C21. The number of carbonyl (C=O) groups excluding carboxylic acids is 1. The molecule has 0 spiro atoms. The summed E-state index contributed by atoms with van der Waals surface area (Å²) < 4.78 is 11.3. The second-order valence-corrected chi connectivity index (χ2v) is 7.14. The lowest BCUT2D eigenvalue weighted by Crippen LogP contribution is -2.44. The van der Waals surface area contributed by atoms with Crippen LogP contribution in [0, 0.1) is 11.8 Å². The van der Waals surface area contributed by atoms with Gasteiger partial charge in [-0.2, -0.15) is 0 Å². The van der Waals surface area contributed by atoms with Crippen molar-refractivity contribution in [3.63, 3.8) is 0 Å². The minimum absolute atomic E-state index is 0.0850. The molecule has 2 aliphatic rings. The van der Waals surface area contributed by atoms with Gasteiger partial charge in [-0.25, -0.2) is 0 Å². The van der Waals surface area contributed by atoms with Crippen molar-refractivity contribution in [3.05, 3.63) is 65.2 Å². The Morgan fingerprint density at radius 1 is 1.15 bits per heavy atom. The molecule has 0 bridgehead atoms. The van der Waals surface area contributed by atoms with E-state index in [1.807, 2.05) is 31.2 Å². The third-order valence-electron chi connectivity index (χ3n) is 5.51. The van der Waals surface area contributed by atoms with Crippen LogP contribution in [0.15, 0.2) is 48.5 Å². The number of nitrogens with one attached hydrogen (secondary N) is 1. The predicted octanol–water partition coefficient (Wildman–Crippen LogP) is 3.30. The number of carbonyl (C=O) groups is 1. The molecule has 2 aromatic carbocycles. The third-order valence-corrected chi connectivity index (χ3v) is 5.51. The molecule has 26 heavy (non-hydrogen) atoms. The Morgan fingerprint density at radius 3 is 2.81 bits per heavy atom. The second-order valence-electron chi connectivity index (χ2n) is 7.14. The summed E-state index contributed by atoms with van der Waals surface area (Å²) in [5.41, 5.74) is 3.75. The highest BCUT2D eigenvalue weighted by molar-refractivity contribution is 5.75. The van der Waals surface area contributed by atoms with Gasteiger partial charge in [0.15, 0.2) is 0 Å². The molecule has 3 atom stereocenters. The number of fused-ring (bicyclic) bond motifs is 3. The van der Waals surface area contributed by atoms with Crippen LogP contribution in [-0.2, 0) is 22.6 Å². The van der Waals surface area contributed by atoms with E-state index in [4.69, 9.17) is 9.47 Å². The van der Waals surface area contributed by atoms with Gasteiger partial charge in [0.2, 0.25) is 0 Å². The van der Waals surface area contributed by atoms with E-state index >= 15 is 0 Å². The van der Waals surface area contributed by atoms with Gasteiger partial charge in [-0.15, -0.1) is 0 Å². The van der Waals surface area contributed by atoms with E-state index in [1.165, 1.54) is 11.1 Å². The van der Waals surface area contributed by atoms with Crippen molar-refractivity contribution in [2.75, 3.05) is 19.7 Å². The van der Waals surface area contributed by atoms with E-state index in [0.29, 0.717) is 25.7 Å². The number of benzene rings is 2. The first-order valence-electron chi connectivity index (χ1n) is 9.43. The summed E-state index contributed by atoms with van der Waals surface area (Å²) in [6.45, 7) is 4.49. The fourth-order valence-electron chi connectivity index (χ4n) is 4.34. The Balaban J connectivity index is 1.55. The molecule has 136 valence electrons. The van der Waals surface area contributed by atoms with E-state index < -0.39 is 0 Å². The zero-order chi connectivity index (χ0) is 17.9. The average Bonchev–Trinajstić information content (AvgIpc) is 3.05. The zero-order valence-corrected chi connectivity index (χ0v) is 15.1. The molecule has 1 saturated heterocycles. The smallest absolute Gasteiger partial charge is 0.310 e. The Labute approximate surface area is 154 Å². The fourth-order valence-corrected chi connectivity index (χ4v) is 4.34. The normalized spacial score (nSPS) is 23.8. The first-order chi connectivity index (χ1) is 12.8. The van der Waals surface area contributed by atoms with Crippen LogP contribution in [0.2, 0.25) is 0 Å². The van der Waals surface area contributed by atoms with E-state index in [0.717, 1.165) is 24.3 Å². The molecule has 0 aromatic heterocycles. The monoisotopic (exact) mass is 351 g/mol. The Bertz CT molecular complexity index is 774. The molecule has 2 unspecified atom stereocenters. The van der Waals surface area contributed by atoms with Gasteiger partial charge < -0.3 is 14.8 Å². The maximum atomic E-state index is 12.5. The molecular formula is C22H25NO3. The minimum Gasteiger partial charge on any atom is -0.489 e. The topological polar surface area (TPSA) is 47.6 Å². The summed E-state index contributed by atoms with van der Waals surface area (Å²) in [4.78, 5) is 12.5. The van der Waals surface area contributed by atoms with Crippen LogP contribution in [0.25, 0.3) is 0 Å². The van der Waals surface area contributed by atoms with E-state index in [2.05, 4.69) is 29.6 Å². The summed E-state index contributed by atoms with van der Waals surface area (Å²) in [6.07, 6.45) is 1.02. The maximum Gasteiger partial charge on any atom is 0.310 e. The molecule has 0 amide bonds. The maximum absolute atomic E-state index is 12.5. The second kappa shape index (κ2) is 7.50. The zero-order valence-electron chi connectivity index (χ0n) is 15.1. The molecule has 1 fully saturated rings. The van der Waals surface area contributed by atoms with Crippen molar-refractivity contribution in [3.8, 4) is 5.75 Å². The molecule has 0 radical (unpaired) electrons. The Kier molecular flexibility index (Phi) is 4.93. The van der Waals surface area contributed by atoms with Gasteiger partial charge in [-0.05, 0) is 54.6 Å². The molecule has 4 nitrogen and oxygen atoms in total. The standard InChI is InChI=1S/C22H25NO3/c1-2-25-22(24)20-13-23-12-17-10-16-8-9-18(11-19(16)21(17)20)26-14-15-6-4-3-5-7-15/h3-9,11,17,20-21,23H,2,10,12-14H2,1H3/t17?,20-,21?/m1/s1. The molecule has 1 N–H and O–H groups in total. The number of piperidine rings is 1. The van der Waals surface area contributed by atoms with Crippen LogP contribution in [0.1, 0.15) is 29.5 Å². The molecule has 2 aromatic rings. The molecular weight excluding hydrogens is 326 g/mol. The van der Waals surface area contributed by atoms with Gasteiger partial charge in [0.05, 0.1) is 12.5 Å². The van der Waals surface area contributed by atoms with Crippen molar-refractivity contribution >= 4 is 5.97 Å². The number of rotatable bonds is 5. The number of hydrogen-bond donors (Lipinski definition) is 1. The molecule has 4 rings (SSSR count). The van der Waals surface area contributed by atoms with Crippen molar-refractivity contribution < 1.29 is 14.3 Å². The van der Waals surface area contributed by atoms with Crippen LogP contribution in [0.4, 0.5) is 0 Å². The molecule has 1 heterocycles. The summed E-state index contributed by atoms with van der Waals surface area (Å²) in [7, 11) is 0. The van der Waals surface area contributed by atoms with Gasteiger partial charge in [0, 0.05) is 12.5 Å². The van der Waals surface area contributed by atoms with Crippen molar-refractivity contribution in [2.45, 2.75) is 25.9 Å². The quantitative estimate of drug-likeness (QED) is 0.840. The Morgan fingerprint density at radius 2 is 2.00 bits per heavy atom. The summed E-state index contributed by atoms with van der Waals surface area (Å²) in [5, 5.41) is 3.41. The number of esters is 1. The highest BCUT2D eigenvalue weighted by Gasteiger charge is 2.44. The third kappa shape index (κ3) is 3.34. The first-order valence-corrected chi connectivity index (χ1v) is 9.43. The lowest BCUT2D eigenvalue weighted by Gasteiger charge is -2.33. The Hall–Kier alpha value is -2.33. The summed E-state index contributed by atoms with van der Waals surface area (Å²) >= 11 is 0. The van der Waals surface area contributed by atoms with Gasteiger partial charge >= 0.3 is 5.97 Å². The van der Waals surface area contributed by atoms with Crippen LogP contribution < -0.4 is 10.1 Å². The van der Waals surface area contributed by atoms with Crippen molar-refractivity contribution in [1.82, 2.24) is 5.32 Å². The highest BCUT2D eigenvalue weighted by Crippen LogP contribution is 2.45. The molecule has 0 saturated carbocycles. The van der Waals surface area contributed by atoms with Gasteiger partial charge in [0.1, 0.15) is 12.4 Å². The minimum atomic E-state index is -0.112. The van der Waals surface area contributed by atoms with E-state index in [1.54, 1.807) is 0 Å². The summed E-state index contributed by atoms with van der Waals surface area (Å²) in [6, 6.07) is 16.5. The molecule has 4 heteroatoms. The van der Waals surface area contributed by atoms with Crippen molar-refractivity contribution in [2.24, 2.45) is 11.8 Å². The lowest BCUT2D eigenvalue weighted by atomic mass is 9.78. The van der Waals surface area contributed by atoms with Crippen LogP contribution in [-0.4, -0.2) is 25.7 Å². The molecule has 1 aliphatic carbocycles. The number of ether oxygens (including phenoxy) is 2. The fraction of sp³-hybridized carbons (Fsp3) is 0.409.